The molecule has 0 aliphatic carbocycles. The van der Waals surface area contributed by atoms with Gasteiger partial charge >= 0.3 is 5.97 Å². The molecule has 1 aliphatic rings. The highest BCUT2D eigenvalue weighted by atomic mass is 35.5. The molecule has 3 aromatic rings. The van der Waals surface area contributed by atoms with Crippen LogP contribution in [0.15, 0.2) is 72.8 Å². The zero-order chi connectivity index (χ0) is 23.9. The van der Waals surface area contributed by atoms with Crippen LogP contribution in [0.5, 0.6) is 0 Å². The number of esters is 1. The summed E-state index contributed by atoms with van der Waals surface area (Å²) in [5, 5.41) is 2.87. The normalized spacial score (nSPS) is 13.6. The maximum Gasteiger partial charge on any atom is 0.338 e. The van der Waals surface area contributed by atoms with E-state index in [4.69, 9.17) is 4.74 Å². The SMILES string of the molecule is CCOC(=O)c1ccc(N2CCN(Cc3ccccc3)CC2)c(NC(=O)c2cccc(F)c2)c1.Cl. The highest BCUT2D eigenvalue weighted by molar-refractivity contribution is 6.06. The minimum absolute atomic E-state index is 0. The number of anilines is 2. The lowest BCUT2D eigenvalue weighted by Crippen LogP contribution is -2.46. The number of hydrogen-bond acceptors (Lipinski definition) is 5. The maximum atomic E-state index is 13.6. The summed E-state index contributed by atoms with van der Waals surface area (Å²) in [5.41, 5.74) is 3.15. The number of hydrogen-bond donors (Lipinski definition) is 1. The molecular formula is C27H29ClFN3O3. The molecule has 0 aromatic heterocycles. The van der Waals surface area contributed by atoms with Crippen molar-refractivity contribution < 1.29 is 18.7 Å². The number of nitrogens with one attached hydrogen (secondary N) is 1. The van der Waals surface area contributed by atoms with Crippen LogP contribution < -0.4 is 10.2 Å². The van der Waals surface area contributed by atoms with Crippen molar-refractivity contribution in [3.63, 3.8) is 0 Å². The number of piperazine rings is 1. The standard InChI is InChI=1S/C27H28FN3O3.ClH/c1-2-34-27(33)22-11-12-25(24(18-22)29-26(32)21-9-6-10-23(28)17-21)31-15-13-30(14-16-31)19-20-7-4-3-5-8-20;/h3-12,17-18H,2,13-16,19H2,1H3,(H,29,32);1H. The van der Waals surface area contributed by atoms with Crippen molar-refractivity contribution in [3.05, 3.63) is 95.3 Å². The third-order valence-electron chi connectivity index (χ3n) is 5.80. The average molecular weight is 498 g/mol. The number of halogens is 2. The Hall–Kier alpha value is -3.42. The Morgan fingerprint density at radius 3 is 2.34 bits per heavy atom. The number of ether oxygens (including phenoxy) is 1. The second-order valence-electron chi connectivity index (χ2n) is 8.17. The van der Waals surface area contributed by atoms with Gasteiger partial charge in [-0.2, -0.15) is 0 Å². The Morgan fingerprint density at radius 2 is 1.66 bits per heavy atom. The molecule has 35 heavy (non-hydrogen) atoms. The van der Waals surface area contributed by atoms with Crippen molar-refractivity contribution >= 4 is 35.7 Å². The van der Waals surface area contributed by atoms with Crippen molar-refractivity contribution in [2.24, 2.45) is 0 Å². The lowest BCUT2D eigenvalue weighted by atomic mass is 10.1. The molecule has 6 nitrogen and oxygen atoms in total. The molecule has 0 atom stereocenters. The molecule has 0 radical (unpaired) electrons. The molecule has 1 N–H and O–H groups in total. The first-order valence-corrected chi connectivity index (χ1v) is 11.4. The van der Waals surface area contributed by atoms with Gasteiger partial charge in [-0.3, -0.25) is 9.69 Å². The summed E-state index contributed by atoms with van der Waals surface area (Å²) in [6.07, 6.45) is 0. The fourth-order valence-electron chi connectivity index (χ4n) is 4.07. The van der Waals surface area contributed by atoms with Crippen LogP contribution >= 0.6 is 12.4 Å². The predicted octanol–water partition coefficient (Wildman–Crippen LogP) is 5.00. The van der Waals surface area contributed by atoms with Crippen LogP contribution in [0.4, 0.5) is 15.8 Å². The predicted molar refractivity (Wildman–Crippen MR) is 138 cm³/mol. The molecule has 4 rings (SSSR count). The van der Waals surface area contributed by atoms with E-state index in [1.165, 1.54) is 23.8 Å². The average Bonchev–Trinajstić information content (AvgIpc) is 2.85. The molecular weight excluding hydrogens is 469 g/mol. The Balaban J connectivity index is 0.00000342. The Bertz CT molecular complexity index is 1150. The highest BCUT2D eigenvalue weighted by Gasteiger charge is 2.22. The van der Waals surface area contributed by atoms with E-state index in [-0.39, 0.29) is 24.6 Å². The first kappa shape index (κ1) is 26.2. The zero-order valence-corrected chi connectivity index (χ0v) is 20.4. The van der Waals surface area contributed by atoms with Crippen molar-refractivity contribution in [2.75, 3.05) is 43.0 Å². The Morgan fingerprint density at radius 1 is 0.914 bits per heavy atom. The van der Waals surface area contributed by atoms with Crippen molar-refractivity contribution in [1.82, 2.24) is 4.90 Å². The van der Waals surface area contributed by atoms with E-state index in [9.17, 15) is 14.0 Å². The summed E-state index contributed by atoms with van der Waals surface area (Å²) in [5.74, 6) is -1.38. The van der Waals surface area contributed by atoms with E-state index in [0.29, 0.717) is 11.3 Å². The molecule has 1 heterocycles. The van der Waals surface area contributed by atoms with Gasteiger partial charge in [0.2, 0.25) is 0 Å². The van der Waals surface area contributed by atoms with Crippen molar-refractivity contribution in [3.8, 4) is 0 Å². The van der Waals surface area contributed by atoms with E-state index >= 15 is 0 Å². The minimum atomic E-state index is -0.484. The quantitative estimate of drug-likeness (QED) is 0.465. The van der Waals surface area contributed by atoms with Gasteiger partial charge in [0.15, 0.2) is 0 Å². The van der Waals surface area contributed by atoms with Crippen LogP contribution in [0.25, 0.3) is 0 Å². The number of amides is 1. The largest absolute Gasteiger partial charge is 0.462 e. The number of nitrogens with zero attached hydrogens (tertiary/aromatic N) is 2. The Labute approximate surface area is 211 Å². The van der Waals surface area contributed by atoms with Gasteiger partial charge in [-0.25, -0.2) is 9.18 Å². The summed E-state index contributed by atoms with van der Waals surface area (Å²) in [6.45, 7) is 6.17. The van der Waals surface area contributed by atoms with Crippen LogP contribution in [0, 0.1) is 5.82 Å². The monoisotopic (exact) mass is 497 g/mol. The fourth-order valence-corrected chi connectivity index (χ4v) is 4.07. The van der Waals surface area contributed by atoms with Gasteiger partial charge in [-0.15, -0.1) is 12.4 Å². The molecule has 8 heteroatoms. The lowest BCUT2D eigenvalue weighted by Gasteiger charge is -2.37. The first-order chi connectivity index (χ1) is 16.5. The molecule has 1 fully saturated rings. The zero-order valence-electron chi connectivity index (χ0n) is 19.6. The summed E-state index contributed by atoms with van der Waals surface area (Å²) < 4.78 is 18.8. The number of carbonyl (C=O) groups is 2. The van der Waals surface area contributed by atoms with Gasteiger partial charge < -0.3 is 15.0 Å². The van der Waals surface area contributed by atoms with Crippen LogP contribution in [0.3, 0.4) is 0 Å². The van der Waals surface area contributed by atoms with E-state index in [0.717, 1.165) is 38.4 Å². The van der Waals surface area contributed by atoms with E-state index in [2.05, 4.69) is 27.2 Å². The Kier molecular flexibility index (Phi) is 9.23. The van der Waals surface area contributed by atoms with Gasteiger partial charge in [0.1, 0.15) is 5.82 Å². The van der Waals surface area contributed by atoms with Gasteiger partial charge in [0.05, 0.1) is 23.5 Å². The molecule has 0 bridgehead atoms. The second-order valence-corrected chi connectivity index (χ2v) is 8.17. The van der Waals surface area contributed by atoms with Crippen LogP contribution in [-0.2, 0) is 11.3 Å². The third-order valence-corrected chi connectivity index (χ3v) is 5.80. The molecule has 184 valence electrons. The van der Waals surface area contributed by atoms with Gasteiger partial charge in [-0.1, -0.05) is 36.4 Å². The van der Waals surface area contributed by atoms with Crippen LogP contribution in [0.2, 0.25) is 0 Å². The smallest absolute Gasteiger partial charge is 0.338 e. The first-order valence-electron chi connectivity index (χ1n) is 11.4. The molecule has 1 aliphatic heterocycles. The van der Waals surface area contributed by atoms with Gasteiger partial charge in [0, 0.05) is 38.3 Å². The lowest BCUT2D eigenvalue weighted by molar-refractivity contribution is 0.0526. The summed E-state index contributed by atoms with van der Waals surface area (Å²) >= 11 is 0. The fraction of sp³-hybridized carbons (Fsp3) is 0.259. The molecule has 1 amide bonds. The van der Waals surface area contributed by atoms with Crippen molar-refractivity contribution in [1.29, 1.82) is 0 Å². The molecule has 0 saturated carbocycles. The second kappa shape index (κ2) is 12.3. The number of carbonyl (C=O) groups excluding carboxylic acids is 2. The van der Waals surface area contributed by atoms with Crippen LogP contribution in [0.1, 0.15) is 33.2 Å². The highest BCUT2D eigenvalue weighted by Crippen LogP contribution is 2.29. The molecule has 3 aromatic carbocycles. The number of rotatable bonds is 7. The van der Waals surface area contributed by atoms with Crippen LogP contribution in [-0.4, -0.2) is 49.6 Å². The number of benzene rings is 3. The summed E-state index contributed by atoms with van der Waals surface area (Å²) in [6, 6.07) is 21.0. The van der Waals surface area contributed by atoms with Gasteiger partial charge in [-0.05, 0) is 48.9 Å². The molecule has 0 spiro atoms. The summed E-state index contributed by atoms with van der Waals surface area (Å²) in [7, 11) is 0. The topological polar surface area (TPSA) is 61.9 Å². The van der Waals surface area contributed by atoms with E-state index in [1.807, 2.05) is 24.3 Å². The molecule has 1 saturated heterocycles. The summed E-state index contributed by atoms with van der Waals surface area (Å²) in [4.78, 5) is 29.7. The third kappa shape index (κ3) is 6.81. The maximum absolute atomic E-state index is 13.6. The van der Waals surface area contributed by atoms with E-state index in [1.54, 1.807) is 25.1 Å². The molecule has 0 unspecified atom stereocenters. The van der Waals surface area contributed by atoms with E-state index < -0.39 is 17.7 Å². The minimum Gasteiger partial charge on any atom is -0.462 e. The van der Waals surface area contributed by atoms with Crippen molar-refractivity contribution in [2.45, 2.75) is 13.5 Å². The van der Waals surface area contributed by atoms with Gasteiger partial charge in [0.25, 0.3) is 5.91 Å².